The maximum atomic E-state index is 12.6. The van der Waals surface area contributed by atoms with Gasteiger partial charge >= 0.3 is 5.97 Å². The van der Waals surface area contributed by atoms with E-state index < -0.39 is 12.6 Å². The lowest BCUT2D eigenvalue weighted by atomic mass is 10.1. The molecule has 1 N–H and O–H groups in total. The van der Waals surface area contributed by atoms with Gasteiger partial charge in [0.1, 0.15) is 10.7 Å². The Kier molecular flexibility index (Phi) is 8.01. The third-order valence-corrected chi connectivity index (χ3v) is 5.25. The summed E-state index contributed by atoms with van der Waals surface area (Å²) in [6.45, 7) is 5.57. The molecule has 0 unspecified atom stereocenters. The number of Topliss-reactive ketones (excluding diaryl/α,β-unsaturated/α-hetero) is 1. The number of esters is 1. The molecule has 8 heteroatoms. The third-order valence-electron chi connectivity index (χ3n) is 4.86. The first kappa shape index (κ1) is 24.2. The molecule has 0 bridgehead atoms. The molecular weight excluding hydrogens is 442 g/mol. The van der Waals surface area contributed by atoms with Crippen LogP contribution in [0.1, 0.15) is 52.2 Å². The molecule has 0 saturated heterocycles. The molecule has 172 valence electrons. The van der Waals surface area contributed by atoms with Crippen LogP contribution in [0.4, 0.5) is 5.69 Å². The highest BCUT2D eigenvalue weighted by molar-refractivity contribution is 6.32. The second kappa shape index (κ2) is 10.9. The SMILES string of the molecule is Cc1nn(Cc2ccccc2)c(Cl)c1C(=O)OCC(=O)c1ccc(NC(=O)CC(C)C)cc1. The van der Waals surface area contributed by atoms with Crippen LogP contribution in [0.25, 0.3) is 0 Å². The quantitative estimate of drug-likeness (QED) is 0.356. The summed E-state index contributed by atoms with van der Waals surface area (Å²) in [4.78, 5) is 36.9. The summed E-state index contributed by atoms with van der Waals surface area (Å²) in [5.74, 6) is -0.905. The minimum atomic E-state index is -0.706. The molecule has 0 atom stereocenters. The van der Waals surface area contributed by atoms with Crippen molar-refractivity contribution in [1.82, 2.24) is 9.78 Å². The van der Waals surface area contributed by atoms with Gasteiger partial charge in [0.25, 0.3) is 0 Å². The number of ether oxygens (including phenoxy) is 1. The third kappa shape index (κ3) is 6.52. The Morgan fingerprint density at radius 3 is 2.36 bits per heavy atom. The fourth-order valence-electron chi connectivity index (χ4n) is 3.26. The van der Waals surface area contributed by atoms with Crippen molar-refractivity contribution in [1.29, 1.82) is 0 Å². The monoisotopic (exact) mass is 467 g/mol. The molecule has 2 aromatic carbocycles. The van der Waals surface area contributed by atoms with E-state index in [1.54, 1.807) is 31.2 Å². The standard InChI is InChI=1S/C25H26ClN3O4/c1-16(2)13-22(31)27-20-11-9-19(10-12-20)21(30)15-33-25(32)23-17(3)28-29(24(23)26)14-18-7-5-4-6-8-18/h4-12,16H,13-15H2,1-3H3,(H,27,31). The van der Waals surface area contributed by atoms with E-state index in [1.165, 1.54) is 4.68 Å². The topological polar surface area (TPSA) is 90.3 Å². The summed E-state index contributed by atoms with van der Waals surface area (Å²) in [5, 5.41) is 7.27. The van der Waals surface area contributed by atoms with E-state index in [4.69, 9.17) is 16.3 Å². The molecule has 0 spiro atoms. The molecule has 0 fully saturated rings. The Morgan fingerprint density at radius 2 is 1.73 bits per heavy atom. The molecule has 33 heavy (non-hydrogen) atoms. The van der Waals surface area contributed by atoms with Crippen molar-refractivity contribution in [2.24, 2.45) is 5.92 Å². The van der Waals surface area contributed by atoms with Crippen LogP contribution in [-0.4, -0.2) is 34.0 Å². The average Bonchev–Trinajstić information content (AvgIpc) is 3.05. The molecule has 3 rings (SSSR count). The molecule has 3 aromatic rings. The highest BCUT2D eigenvalue weighted by Crippen LogP contribution is 2.22. The number of amides is 1. The van der Waals surface area contributed by atoms with Crippen LogP contribution in [0.3, 0.4) is 0 Å². The summed E-state index contributed by atoms with van der Waals surface area (Å²) in [7, 11) is 0. The summed E-state index contributed by atoms with van der Waals surface area (Å²) < 4.78 is 6.74. The lowest BCUT2D eigenvalue weighted by Crippen LogP contribution is -2.16. The molecule has 0 aliphatic carbocycles. The number of nitrogens with one attached hydrogen (secondary N) is 1. The number of aryl methyl sites for hydroxylation is 1. The Morgan fingerprint density at radius 1 is 1.06 bits per heavy atom. The Hall–Kier alpha value is -3.45. The van der Waals surface area contributed by atoms with Gasteiger partial charge in [0, 0.05) is 17.7 Å². The van der Waals surface area contributed by atoms with Crippen molar-refractivity contribution in [2.45, 2.75) is 33.7 Å². The van der Waals surface area contributed by atoms with Gasteiger partial charge in [-0.2, -0.15) is 5.10 Å². The van der Waals surface area contributed by atoms with Crippen molar-refractivity contribution >= 4 is 34.9 Å². The fraction of sp³-hybridized carbons (Fsp3) is 0.280. The van der Waals surface area contributed by atoms with E-state index in [0.717, 1.165) is 5.56 Å². The van der Waals surface area contributed by atoms with Gasteiger partial charge in [-0.15, -0.1) is 0 Å². The zero-order chi connectivity index (χ0) is 24.0. The van der Waals surface area contributed by atoms with E-state index in [-0.39, 0.29) is 28.3 Å². The molecular formula is C25H26ClN3O4. The van der Waals surface area contributed by atoms with Crippen molar-refractivity contribution in [2.75, 3.05) is 11.9 Å². The van der Waals surface area contributed by atoms with E-state index in [1.807, 2.05) is 44.2 Å². The van der Waals surface area contributed by atoms with Crippen molar-refractivity contribution in [3.63, 3.8) is 0 Å². The van der Waals surface area contributed by atoms with Gasteiger partial charge < -0.3 is 10.1 Å². The zero-order valence-electron chi connectivity index (χ0n) is 18.8. The number of carbonyl (C=O) groups excluding carboxylic acids is 3. The minimum Gasteiger partial charge on any atom is -0.454 e. The average molecular weight is 468 g/mol. The molecule has 0 aliphatic heterocycles. The fourth-order valence-corrected chi connectivity index (χ4v) is 3.57. The molecule has 1 amide bonds. The Balaban J connectivity index is 1.59. The summed E-state index contributed by atoms with van der Waals surface area (Å²) in [5.41, 5.74) is 2.52. The largest absolute Gasteiger partial charge is 0.454 e. The molecule has 0 aliphatic rings. The predicted molar refractivity (Wildman–Crippen MR) is 127 cm³/mol. The van der Waals surface area contributed by atoms with Gasteiger partial charge in [-0.05, 0) is 42.7 Å². The van der Waals surface area contributed by atoms with Crippen molar-refractivity contribution in [3.8, 4) is 0 Å². The van der Waals surface area contributed by atoms with Gasteiger partial charge in [0.2, 0.25) is 5.91 Å². The van der Waals surface area contributed by atoms with Crippen LogP contribution in [0, 0.1) is 12.8 Å². The number of hydrogen-bond donors (Lipinski definition) is 1. The number of halogens is 1. The normalized spacial score (nSPS) is 10.8. The van der Waals surface area contributed by atoms with E-state index in [9.17, 15) is 14.4 Å². The minimum absolute atomic E-state index is 0.0851. The number of nitrogens with zero attached hydrogens (tertiary/aromatic N) is 2. The predicted octanol–water partition coefficient (Wildman–Crippen LogP) is 4.92. The number of hydrogen-bond acceptors (Lipinski definition) is 5. The second-order valence-electron chi connectivity index (χ2n) is 8.12. The molecule has 0 saturated carbocycles. The second-order valence-corrected chi connectivity index (χ2v) is 8.48. The number of rotatable bonds is 9. The number of anilines is 1. The van der Waals surface area contributed by atoms with Gasteiger partial charge in [-0.25, -0.2) is 9.48 Å². The highest BCUT2D eigenvalue weighted by atomic mass is 35.5. The smallest absolute Gasteiger partial charge is 0.343 e. The first-order chi connectivity index (χ1) is 15.7. The molecule has 7 nitrogen and oxygen atoms in total. The number of benzene rings is 2. The van der Waals surface area contributed by atoms with Crippen LogP contribution in [-0.2, 0) is 16.1 Å². The molecule has 1 aromatic heterocycles. The van der Waals surface area contributed by atoms with Gasteiger partial charge in [-0.1, -0.05) is 55.8 Å². The van der Waals surface area contributed by atoms with Gasteiger partial charge in [-0.3, -0.25) is 9.59 Å². The lowest BCUT2D eigenvalue weighted by molar-refractivity contribution is -0.116. The van der Waals surface area contributed by atoms with Crippen LogP contribution in [0.15, 0.2) is 54.6 Å². The zero-order valence-corrected chi connectivity index (χ0v) is 19.6. The van der Waals surface area contributed by atoms with Crippen LogP contribution >= 0.6 is 11.6 Å². The maximum Gasteiger partial charge on any atom is 0.343 e. The van der Waals surface area contributed by atoms with E-state index in [2.05, 4.69) is 10.4 Å². The van der Waals surface area contributed by atoms with Crippen molar-refractivity contribution in [3.05, 3.63) is 82.1 Å². The summed E-state index contributed by atoms with van der Waals surface area (Å²) >= 11 is 6.38. The first-order valence-corrected chi connectivity index (χ1v) is 11.0. The van der Waals surface area contributed by atoms with E-state index >= 15 is 0 Å². The highest BCUT2D eigenvalue weighted by Gasteiger charge is 2.23. The maximum absolute atomic E-state index is 12.6. The van der Waals surface area contributed by atoms with Gasteiger partial charge in [0.15, 0.2) is 12.4 Å². The summed E-state index contributed by atoms with van der Waals surface area (Å²) in [6, 6.07) is 16.0. The number of carbonyl (C=O) groups is 3. The van der Waals surface area contributed by atoms with Crippen LogP contribution in [0.5, 0.6) is 0 Å². The van der Waals surface area contributed by atoms with Crippen molar-refractivity contribution < 1.29 is 19.1 Å². The summed E-state index contributed by atoms with van der Waals surface area (Å²) in [6.07, 6.45) is 0.417. The Labute approximate surface area is 197 Å². The van der Waals surface area contributed by atoms with Crippen LogP contribution < -0.4 is 5.32 Å². The van der Waals surface area contributed by atoms with Crippen LogP contribution in [0.2, 0.25) is 5.15 Å². The number of aromatic nitrogens is 2. The van der Waals surface area contributed by atoms with E-state index in [0.29, 0.717) is 29.9 Å². The first-order valence-electron chi connectivity index (χ1n) is 10.6. The number of ketones is 1. The molecule has 0 radical (unpaired) electrons. The Bertz CT molecular complexity index is 1140. The molecule has 1 heterocycles. The lowest BCUT2D eigenvalue weighted by Gasteiger charge is -2.08. The van der Waals surface area contributed by atoms with Gasteiger partial charge in [0.05, 0.1) is 12.2 Å².